The molecule has 1 aromatic rings. The van der Waals surface area contributed by atoms with Crippen molar-refractivity contribution >= 4 is 11.9 Å². The van der Waals surface area contributed by atoms with Crippen molar-refractivity contribution < 1.29 is 19.4 Å². The van der Waals surface area contributed by atoms with E-state index in [1.807, 2.05) is 31.2 Å². The second-order valence-electron chi connectivity index (χ2n) is 4.76. The monoisotopic (exact) mass is 277 g/mol. The second-order valence-corrected chi connectivity index (χ2v) is 4.76. The lowest BCUT2D eigenvalue weighted by molar-refractivity contribution is -0.146. The van der Waals surface area contributed by atoms with Gasteiger partial charge in [-0.05, 0) is 24.5 Å². The van der Waals surface area contributed by atoms with Crippen LogP contribution >= 0.6 is 0 Å². The zero-order valence-corrected chi connectivity index (χ0v) is 11.5. The molecule has 0 aromatic heterocycles. The largest absolute Gasteiger partial charge is 0.481 e. The Balaban J connectivity index is 2.14. The maximum atomic E-state index is 12.5. The van der Waals surface area contributed by atoms with Crippen LogP contribution in [0.1, 0.15) is 30.6 Å². The van der Waals surface area contributed by atoms with Crippen molar-refractivity contribution in [2.45, 2.75) is 25.9 Å². The van der Waals surface area contributed by atoms with Crippen molar-refractivity contribution in [3.63, 3.8) is 0 Å². The third kappa shape index (κ3) is 3.17. The summed E-state index contributed by atoms with van der Waals surface area (Å²) >= 11 is 0. The molecular formula is C15H19NO4. The van der Waals surface area contributed by atoms with Crippen LogP contribution in [0.2, 0.25) is 0 Å². The van der Waals surface area contributed by atoms with Gasteiger partial charge in [0, 0.05) is 13.1 Å². The van der Waals surface area contributed by atoms with Crippen molar-refractivity contribution in [3.8, 4) is 0 Å². The van der Waals surface area contributed by atoms with Crippen molar-refractivity contribution in [2.24, 2.45) is 0 Å². The van der Waals surface area contributed by atoms with Crippen LogP contribution in [0.15, 0.2) is 24.3 Å². The molecule has 0 spiro atoms. The number of carbonyl (C=O) groups excluding carboxylic acids is 1. The summed E-state index contributed by atoms with van der Waals surface area (Å²) in [4.78, 5) is 24.7. The van der Waals surface area contributed by atoms with E-state index in [2.05, 4.69) is 0 Å². The Labute approximate surface area is 118 Å². The first-order chi connectivity index (χ1) is 9.63. The SMILES string of the molecule is CCN(CCC(=O)O)C(=O)C1OCCc2ccccc21. The molecule has 0 saturated heterocycles. The molecule has 1 aliphatic rings. The number of carboxylic acids is 1. The lowest BCUT2D eigenvalue weighted by atomic mass is 9.97. The molecule has 5 nitrogen and oxygen atoms in total. The third-order valence-electron chi connectivity index (χ3n) is 3.51. The Bertz CT molecular complexity index is 500. The molecule has 1 aromatic carbocycles. The molecular weight excluding hydrogens is 258 g/mol. The number of likely N-dealkylation sites (N-methyl/N-ethyl adjacent to an activating group) is 1. The molecule has 5 heteroatoms. The lowest BCUT2D eigenvalue weighted by Crippen LogP contribution is -2.39. The molecule has 1 atom stereocenters. The van der Waals surface area contributed by atoms with E-state index in [-0.39, 0.29) is 18.9 Å². The highest BCUT2D eigenvalue weighted by Gasteiger charge is 2.30. The number of nitrogens with zero attached hydrogens (tertiary/aromatic N) is 1. The molecule has 1 amide bonds. The average molecular weight is 277 g/mol. The number of hydrogen-bond acceptors (Lipinski definition) is 3. The van der Waals surface area contributed by atoms with Crippen molar-refractivity contribution in [1.29, 1.82) is 0 Å². The van der Waals surface area contributed by atoms with E-state index in [9.17, 15) is 9.59 Å². The van der Waals surface area contributed by atoms with E-state index in [4.69, 9.17) is 9.84 Å². The second kappa shape index (κ2) is 6.52. The van der Waals surface area contributed by atoms with Crippen LogP contribution in [0, 0.1) is 0 Å². The number of aliphatic carboxylic acids is 1. The van der Waals surface area contributed by atoms with E-state index in [0.29, 0.717) is 13.2 Å². The van der Waals surface area contributed by atoms with Gasteiger partial charge in [-0.3, -0.25) is 9.59 Å². The van der Waals surface area contributed by atoms with Gasteiger partial charge in [0.15, 0.2) is 6.10 Å². The van der Waals surface area contributed by atoms with Crippen LogP contribution < -0.4 is 0 Å². The molecule has 0 bridgehead atoms. The fourth-order valence-corrected chi connectivity index (χ4v) is 2.42. The fourth-order valence-electron chi connectivity index (χ4n) is 2.42. The minimum Gasteiger partial charge on any atom is -0.481 e. The summed E-state index contributed by atoms with van der Waals surface area (Å²) in [6.45, 7) is 3.05. The fraction of sp³-hybridized carbons (Fsp3) is 0.467. The van der Waals surface area contributed by atoms with E-state index >= 15 is 0 Å². The van der Waals surface area contributed by atoms with Gasteiger partial charge < -0.3 is 14.7 Å². The average Bonchev–Trinajstić information content (AvgIpc) is 2.46. The van der Waals surface area contributed by atoms with Gasteiger partial charge in [0.05, 0.1) is 13.0 Å². The van der Waals surface area contributed by atoms with Crippen LogP contribution in [-0.2, 0) is 20.7 Å². The molecule has 1 N–H and O–H groups in total. The van der Waals surface area contributed by atoms with Gasteiger partial charge in [0.2, 0.25) is 0 Å². The van der Waals surface area contributed by atoms with Crippen molar-refractivity contribution in [1.82, 2.24) is 4.90 Å². The summed E-state index contributed by atoms with van der Waals surface area (Å²) in [5.41, 5.74) is 2.03. The van der Waals surface area contributed by atoms with E-state index in [1.165, 1.54) is 0 Å². The Morgan fingerprint density at radius 3 is 2.85 bits per heavy atom. The Morgan fingerprint density at radius 2 is 2.15 bits per heavy atom. The summed E-state index contributed by atoms with van der Waals surface area (Å²) in [5, 5.41) is 8.74. The number of carbonyl (C=O) groups is 2. The zero-order chi connectivity index (χ0) is 14.5. The maximum Gasteiger partial charge on any atom is 0.305 e. The molecule has 1 unspecified atom stereocenters. The van der Waals surface area contributed by atoms with Crippen LogP contribution in [0.4, 0.5) is 0 Å². The Hall–Kier alpha value is -1.88. The third-order valence-corrected chi connectivity index (χ3v) is 3.51. The van der Waals surface area contributed by atoms with Gasteiger partial charge in [-0.25, -0.2) is 0 Å². The smallest absolute Gasteiger partial charge is 0.305 e. The predicted molar refractivity (Wildman–Crippen MR) is 73.3 cm³/mol. The van der Waals surface area contributed by atoms with Gasteiger partial charge in [0.1, 0.15) is 0 Å². The number of fused-ring (bicyclic) bond motifs is 1. The Morgan fingerprint density at radius 1 is 1.40 bits per heavy atom. The molecule has 0 saturated carbocycles. The number of hydrogen-bond donors (Lipinski definition) is 1. The molecule has 108 valence electrons. The van der Waals surface area contributed by atoms with Crippen LogP contribution in [0.5, 0.6) is 0 Å². The van der Waals surface area contributed by atoms with Crippen LogP contribution in [-0.4, -0.2) is 41.6 Å². The molecule has 20 heavy (non-hydrogen) atoms. The van der Waals surface area contributed by atoms with Gasteiger partial charge in [-0.1, -0.05) is 24.3 Å². The molecule has 0 aliphatic carbocycles. The lowest BCUT2D eigenvalue weighted by Gasteiger charge is -2.30. The van der Waals surface area contributed by atoms with E-state index in [1.54, 1.807) is 4.90 Å². The number of ether oxygens (including phenoxy) is 1. The van der Waals surface area contributed by atoms with E-state index < -0.39 is 12.1 Å². The number of amides is 1. The standard InChI is InChI=1S/C15H19NO4/c1-2-16(9-7-13(17)18)15(19)14-12-6-4-3-5-11(12)8-10-20-14/h3-6,14H,2,7-10H2,1H3,(H,17,18). The minimum atomic E-state index is -0.902. The summed E-state index contributed by atoms with van der Waals surface area (Å²) in [7, 11) is 0. The zero-order valence-electron chi connectivity index (χ0n) is 11.5. The molecule has 1 aliphatic heterocycles. The van der Waals surface area contributed by atoms with Crippen LogP contribution in [0.25, 0.3) is 0 Å². The first-order valence-corrected chi connectivity index (χ1v) is 6.83. The number of carboxylic acid groups (broad SMARTS) is 1. The van der Waals surface area contributed by atoms with Gasteiger partial charge in [0.25, 0.3) is 5.91 Å². The first-order valence-electron chi connectivity index (χ1n) is 6.83. The maximum absolute atomic E-state index is 12.5. The van der Waals surface area contributed by atoms with Gasteiger partial charge in [-0.15, -0.1) is 0 Å². The van der Waals surface area contributed by atoms with Crippen molar-refractivity contribution in [3.05, 3.63) is 35.4 Å². The topological polar surface area (TPSA) is 66.8 Å². The van der Waals surface area contributed by atoms with E-state index in [0.717, 1.165) is 17.5 Å². The molecule has 0 radical (unpaired) electrons. The summed E-state index contributed by atoms with van der Waals surface area (Å²) in [6.07, 6.45) is 0.156. The molecule has 0 fully saturated rings. The quantitative estimate of drug-likeness (QED) is 0.888. The van der Waals surface area contributed by atoms with Crippen LogP contribution in [0.3, 0.4) is 0 Å². The number of benzene rings is 1. The van der Waals surface area contributed by atoms with Crippen molar-refractivity contribution in [2.75, 3.05) is 19.7 Å². The van der Waals surface area contributed by atoms with Gasteiger partial charge in [-0.2, -0.15) is 0 Å². The summed E-state index contributed by atoms with van der Waals surface area (Å²) in [5.74, 6) is -1.05. The molecule has 2 rings (SSSR count). The normalized spacial score (nSPS) is 17.4. The highest BCUT2D eigenvalue weighted by molar-refractivity contribution is 5.83. The Kier molecular flexibility index (Phi) is 4.74. The summed E-state index contributed by atoms with van der Waals surface area (Å²) in [6, 6.07) is 7.75. The first kappa shape index (κ1) is 14.5. The highest BCUT2D eigenvalue weighted by Crippen LogP contribution is 2.28. The predicted octanol–water partition coefficient (Wildman–Crippen LogP) is 1.62. The molecule has 1 heterocycles. The summed E-state index contributed by atoms with van der Waals surface area (Å²) < 4.78 is 5.62. The van der Waals surface area contributed by atoms with Gasteiger partial charge >= 0.3 is 5.97 Å². The minimum absolute atomic E-state index is 0.0477. The number of rotatable bonds is 5. The highest BCUT2D eigenvalue weighted by atomic mass is 16.5.